The third kappa shape index (κ3) is 5.87. The van der Waals surface area contributed by atoms with E-state index in [9.17, 15) is 9.59 Å². The van der Waals surface area contributed by atoms with Gasteiger partial charge in [-0.25, -0.2) is 0 Å². The quantitative estimate of drug-likeness (QED) is 0.797. The molecule has 2 aromatic rings. The number of nitrogens with zero attached hydrogens (tertiary/aromatic N) is 1. The standard InChI is InChI=1S/C19H22ClN3O2/c1-3-13(2)23-19(25)16-10-15(11-21-12-16)18(24)22-9-8-14-4-6-17(20)7-5-14/h4-7,10-13H,3,8-9H2,1-2H3,(H,22,24)(H,23,25). The normalized spacial score (nSPS) is 11.6. The highest BCUT2D eigenvalue weighted by atomic mass is 35.5. The van der Waals surface area contributed by atoms with E-state index in [-0.39, 0.29) is 17.9 Å². The van der Waals surface area contributed by atoms with Crippen molar-refractivity contribution in [3.05, 3.63) is 64.4 Å². The van der Waals surface area contributed by atoms with Crippen LogP contribution in [0.5, 0.6) is 0 Å². The van der Waals surface area contributed by atoms with Crippen LogP contribution in [-0.4, -0.2) is 29.4 Å². The molecule has 5 nitrogen and oxygen atoms in total. The van der Waals surface area contributed by atoms with Gasteiger partial charge in [0.25, 0.3) is 11.8 Å². The maximum atomic E-state index is 12.2. The van der Waals surface area contributed by atoms with Crippen LogP contribution in [0.25, 0.3) is 0 Å². The maximum absolute atomic E-state index is 12.2. The van der Waals surface area contributed by atoms with Gasteiger partial charge in [0.1, 0.15) is 0 Å². The number of amides is 2. The minimum Gasteiger partial charge on any atom is -0.352 e. The van der Waals surface area contributed by atoms with E-state index in [1.165, 1.54) is 12.4 Å². The van der Waals surface area contributed by atoms with Gasteiger partial charge in [-0.2, -0.15) is 0 Å². The highest BCUT2D eigenvalue weighted by molar-refractivity contribution is 6.30. The summed E-state index contributed by atoms with van der Waals surface area (Å²) in [6, 6.07) is 9.13. The van der Waals surface area contributed by atoms with Crippen molar-refractivity contribution in [2.24, 2.45) is 0 Å². The van der Waals surface area contributed by atoms with Crippen molar-refractivity contribution < 1.29 is 9.59 Å². The van der Waals surface area contributed by atoms with Crippen LogP contribution in [0, 0.1) is 0 Å². The van der Waals surface area contributed by atoms with Gasteiger partial charge >= 0.3 is 0 Å². The van der Waals surface area contributed by atoms with Gasteiger partial charge in [-0.15, -0.1) is 0 Å². The molecule has 0 spiro atoms. The molecule has 0 aliphatic rings. The Morgan fingerprint density at radius 3 is 2.40 bits per heavy atom. The summed E-state index contributed by atoms with van der Waals surface area (Å²) in [4.78, 5) is 28.4. The summed E-state index contributed by atoms with van der Waals surface area (Å²) >= 11 is 5.85. The summed E-state index contributed by atoms with van der Waals surface area (Å²) in [6.45, 7) is 4.41. The van der Waals surface area contributed by atoms with Crippen LogP contribution in [-0.2, 0) is 6.42 Å². The first-order valence-electron chi connectivity index (χ1n) is 8.28. The van der Waals surface area contributed by atoms with Crippen LogP contribution in [0.1, 0.15) is 46.5 Å². The highest BCUT2D eigenvalue weighted by Gasteiger charge is 2.12. The number of rotatable bonds is 7. The monoisotopic (exact) mass is 359 g/mol. The fourth-order valence-corrected chi connectivity index (χ4v) is 2.30. The third-order valence-electron chi connectivity index (χ3n) is 3.86. The molecule has 6 heteroatoms. The molecule has 0 aliphatic heterocycles. The van der Waals surface area contributed by atoms with E-state index >= 15 is 0 Å². The van der Waals surface area contributed by atoms with Crippen molar-refractivity contribution in [2.75, 3.05) is 6.54 Å². The molecule has 0 saturated heterocycles. The summed E-state index contributed by atoms with van der Waals surface area (Å²) in [5.74, 6) is -0.475. The number of carbonyl (C=O) groups is 2. The van der Waals surface area contributed by atoms with Crippen LogP contribution in [0.3, 0.4) is 0 Å². The van der Waals surface area contributed by atoms with Crippen molar-refractivity contribution in [3.8, 4) is 0 Å². The molecular weight excluding hydrogens is 338 g/mol. The van der Waals surface area contributed by atoms with Gasteiger partial charge in [-0.1, -0.05) is 30.7 Å². The number of benzene rings is 1. The van der Waals surface area contributed by atoms with Crippen LogP contribution >= 0.6 is 11.6 Å². The first-order valence-corrected chi connectivity index (χ1v) is 8.66. The van der Waals surface area contributed by atoms with E-state index in [1.54, 1.807) is 6.07 Å². The molecule has 1 aromatic heterocycles. The molecule has 1 atom stereocenters. The average Bonchev–Trinajstić information content (AvgIpc) is 2.63. The Morgan fingerprint density at radius 2 is 1.76 bits per heavy atom. The van der Waals surface area contributed by atoms with Gasteiger partial charge in [0.2, 0.25) is 0 Å². The average molecular weight is 360 g/mol. The van der Waals surface area contributed by atoms with Gasteiger partial charge in [0.05, 0.1) is 11.1 Å². The van der Waals surface area contributed by atoms with Gasteiger partial charge in [0.15, 0.2) is 0 Å². The van der Waals surface area contributed by atoms with E-state index in [4.69, 9.17) is 11.6 Å². The van der Waals surface area contributed by atoms with Crippen molar-refractivity contribution in [3.63, 3.8) is 0 Å². The lowest BCUT2D eigenvalue weighted by Crippen LogP contribution is -2.32. The molecule has 132 valence electrons. The first-order chi connectivity index (χ1) is 12.0. The van der Waals surface area contributed by atoms with Crippen molar-refractivity contribution in [2.45, 2.75) is 32.7 Å². The predicted molar refractivity (Wildman–Crippen MR) is 98.9 cm³/mol. The smallest absolute Gasteiger partial charge is 0.253 e. The Bertz CT molecular complexity index is 732. The number of hydrogen-bond donors (Lipinski definition) is 2. The molecule has 0 bridgehead atoms. The van der Waals surface area contributed by atoms with Gasteiger partial charge in [-0.05, 0) is 43.5 Å². The zero-order valence-electron chi connectivity index (χ0n) is 14.4. The second-order valence-corrected chi connectivity index (χ2v) is 6.31. The Morgan fingerprint density at radius 1 is 1.12 bits per heavy atom. The minimum atomic E-state index is -0.250. The Hall–Kier alpha value is -2.40. The second kappa shape index (κ2) is 9.18. The minimum absolute atomic E-state index is 0.0735. The topological polar surface area (TPSA) is 71.1 Å². The molecule has 0 fully saturated rings. The van der Waals surface area contributed by atoms with E-state index in [0.717, 1.165) is 12.0 Å². The molecule has 1 heterocycles. The molecule has 0 radical (unpaired) electrons. The predicted octanol–water partition coefficient (Wildman–Crippen LogP) is 3.24. The van der Waals surface area contributed by atoms with Crippen molar-refractivity contribution in [1.29, 1.82) is 0 Å². The summed E-state index contributed by atoms with van der Waals surface area (Å²) in [6.07, 6.45) is 4.45. The fraction of sp³-hybridized carbons (Fsp3) is 0.316. The number of halogens is 1. The first kappa shape index (κ1) is 18.9. The number of carbonyl (C=O) groups excluding carboxylic acids is 2. The molecule has 0 aliphatic carbocycles. The zero-order valence-corrected chi connectivity index (χ0v) is 15.1. The third-order valence-corrected chi connectivity index (χ3v) is 4.12. The lowest BCUT2D eigenvalue weighted by atomic mass is 10.1. The lowest BCUT2D eigenvalue weighted by Gasteiger charge is -2.11. The van der Waals surface area contributed by atoms with E-state index in [1.807, 2.05) is 38.1 Å². The summed E-state index contributed by atoms with van der Waals surface area (Å²) in [7, 11) is 0. The van der Waals surface area contributed by atoms with E-state index < -0.39 is 0 Å². The van der Waals surface area contributed by atoms with Crippen molar-refractivity contribution in [1.82, 2.24) is 15.6 Å². The molecule has 2 N–H and O–H groups in total. The maximum Gasteiger partial charge on any atom is 0.253 e. The van der Waals surface area contributed by atoms with Crippen molar-refractivity contribution >= 4 is 23.4 Å². The van der Waals surface area contributed by atoms with Crippen LogP contribution < -0.4 is 10.6 Å². The van der Waals surface area contributed by atoms with Crippen LogP contribution in [0.15, 0.2) is 42.7 Å². The van der Waals surface area contributed by atoms with Crippen LogP contribution in [0.4, 0.5) is 0 Å². The highest BCUT2D eigenvalue weighted by Crippen LogP contribution is 2.10. The lowest BCUT2D eigenvalue weighted by molar-refractivity contribution is 0.0939. The number of nitrogens with one attached hydrogen (secondary N) is 2. The fourth-order valence-electron chi connectivity index (χ4n) is 2.17. The zero-order chi connectivity index (χ0) is 18.2. The summed E-state index contributed by atoms with van der Waals surface area (Å²) < 4.78 is 0. The van der Waals surface area contributed by atoms with Gasteiger partial charge in [0, 0.05) is 30.0 Å². The second-order valence-electron chi connectivity index (χ2n) is 5.88. The summed E-state index contributed by atoms with van der Waals surface area (Å²) in [5.41, 5.74) is 1.84. The van der Waals surface area contributed by atoms with E-state index in [0.29, 0.717) is 29.1 Å². The largest absolute Gasteiger partial charge is 0.352 e. The van der Waals surface area contributed by atoms with Gasteiger partial charge in [-0.3, -0.25) is 14.6 Å². The number of pyridine rings is 1. The number of aromatic nitrogens is 1. The molecular formula is C19H22ClN3O2. The molecule has 2 rings (SSSR count). The Kier molecular flexibility index (Phi) is 6.95. The Labute approximate surface area is 152 Å². The summed E-state index contributed by atoms with van der Waals surface area (Å²) in [5, 5.41) is 6.38. The SMILES string of the molecule is CCC(C)NC(=O)c1cncc(C(=O)NCCc2ccc(Cl)cc2)c1. The van der Waals surface area contributed by atoms with Crippen LogP contribution in [0.2, 0.25) is 5.02 Å². The molecule has 1 unspecified atom stereocenters. The Balaban J connectivity index is 1.91. The van der Waals surface area contributed by atoms with Gasteiger partial charge < -0.3 is 10.6 Å². The molecule has 2 amide bonds. The molecule has 1 aromatic carbocycles. The van der Waals surface area contributed by atoms with E-state index in [2.05, 4.69) is 15.6 Å². The number of hydrogen-bond acceptors (Lipinski definition) is 3. The molecule has 25 heavy (non-hydrogen) atoms. The molecule has 0 saturated carbocycles.